The molecule has 0 fully saturated rings. The lowest BCUT2D eigenvalue weighted by Gasteiger charge is -2.10. The SMILES string of the molecule is Cc1ccc(C)c(S(=O)(=O)NCCNC(=O)/C=C/c2ccccc2)c1. The zero-order chi connectivity index (χ0) is 18.3. The van der Waals surface area contributed by atoms with Gasteiger partial charge < -0.3 is 5.32 Å². The minimum Gasteiger partial charge on any atom is -0.351 e. The zero-order valence-electron chi connectivity index (χ0n) is 14.3. The van der Waals surface area contributed by atoms with E-state index >= 15 is 0 Å². The fourth-order valence-electron chi connectivity index (χ4n) is 2.24. The van der Waals surface area contributed by atoms with Crippen LogP contribution in [0.25, 0.3) is 6.08 Å². The van der Waals surface area contributed by atoms with Gasteiger partial charge in [0.25, 0.3) is 0 Å². The van der Waals surface area contributed by atoms with Crippen molar-refractivity contribution in [1.29, 1.82) is 0 Å². The summed E-state index contributed by atoms with van der Waals surface area (Å²) in [4.78, 5) is 12.0. The Hall–Kier alpha value is -2.44. The third-order valence-corrected chi connectivity index (χ3v) is 5.18. The summed E-state index contributed by atoms with van der Waals surface area (Å²) in [7, 11) is -3.59. The van der Waals surface area contributed by atoms with Crippen molar-refractivity contribution in [2.24, 2.45) is 0 Å². The van der Waals surface area contributed by atoms with Gasteiger partial charge in [0.2, 0.25) is 15.9 Å². The van der Waals surface area contributed by atoms with Crippen LogP contribution in [0.5, 0.6) is 0 Å². The molecular weight excluding hydrogens is 336 g/mol. The van der Waals surface area contributed by atoms with Crippen molar-refractivity contribution in [3.8, 4) is 0 Å². The molecule has 0 heterocycles. The van der Waals surface area contributed by atoms with Crippen LogP contribution < -0.4 is 10.0 Å². The van der Waals surface area contributed by atoms with Crippen LogP contribution in [0.4, 0.5) is 0 Å². The lowest BCUT2D eigenvalue weighted by molar-refractivity contribution is -0.116. The van der Waals surface area contributed by atoms with E-state index in [1.807, 2.05) is 43.3 Å². The fourth-order valence-corrected chi connectivity index (χ4v) is 3.60. The first-order valence-electron chi connectivity index (χ1n) is 7.96. The maximum absolute atomic E-state index is 12.3. The number of carbonyl (C=O) groups is 1. The van der Waals surface area contributed by atoms with Gasteiger partial charge in [-0.1, -0.05) is 42.5 Å². The first-order valence-corrected chi connectivity index (χ1v) is 9.45. The summed E-state index contributed by atoms with van der Waals surface area (Å²) in [6.45, 7) is 3.94. The second-order valence-electron chi connectivity index (χ2n) is 5.70. The topological polar surface area (TPSA) is 75.3 Å². The van der Waals surface area contributed by atoms with Gasteiger partial charge in [-0.3, -0.25) is 4.79 Å². The largest absolute Gasteiger partial charge is 0.351 e. The van der Waals surface area contributed by atoms with E-state index in [0.29, 0.717) is 5.56 Å². The molecule has 0 atom stereocenters. The molecule has 0 aliphatic heterocycles. The molecule has 0 spiro atoms. The van der Waals surface area contributed by atoms with Gasteiger partial charge in [0, 0.05) is 19.2 Å². The number of amides is 1. The zero-order valence-corrected chi connectivity index (χ0v) is 15.1. The van der Waals surface area contributed by atoms with Crippen LogP contribution in [0.2, 0.25) is 0 Å². The Morgan fingerprint density at radius 1 is 1.04 bits per heavy atom. The lowest BCUT2D eigenvalue weighted by atomic mass is 10.2. The van der Waals surface area contributed by atoms with E-state index in [1.54, 1.807) is 25.1 Å². The van der Waals surface area contributed by atoms with E-state index in [1.165, 1.54) is 6.08 Å². The van der Waals surface area contributed by atoms with E-state index in [2.05, 4.69) is 10.0 Å². The monoisotopic (exact) mass is 358 g/mol. The van der Waals surface area contributed by atoms with Gasteiger partial charge in [-0.2, -0.15) is 0 Å². The van der Waals surface area contributed by atoms with Gasteiger partial charge in [0.05, 0.1) is 4.90 Å². The Labute approximate surface area is 148 Å². The van der Waals surface area contributed by atoms with Gasteiger partial charge in [0.1, 0.15) is 0 Å². The average molecular weight is 358 g/mol. The molecule has 0 bridgehead atoms. The predicted octanol–water partition coefficient (Wildman–Crippen LogP) is 2.41. The highest BCUT2D eigenvalue weighted by Gasteiger charge is 2.16. The maximum atomic E-state index is 12.3. The van der Waals surface area contributed by atoms with E-state index in [4.69, 9.17) is 0 Å². The van der Waals surface area contributed by atoms with Crippen molar-refractivity contribution in [3.63, 3.8) is 0 Å². The smallest absolute Gasteiger partial charge is 0.244 e. The minimum atomic E-state index is -3.59. The molecule has 2 rings (SSSR count). The molecule has 0 saturated carbocycles. The molecule has 0 unspecified atom stereocenters. The van der Waals surface area contributed by atoms with Crippen LogP contribution in [-0.4, -0.2) is 27.4 Å². The number of nitrogens with one attached hydrogen (secondary N) is 2. The number of hydrogen-bond donors (Lipinski definition) is 2. The molecule has 132 valence electrons. The number of aryl methyl sites for hydroxylation is 2. The third-order valence-electron chi connectivity index (χ3n) is 3.58. The van der Waals surface area contributed by atoms with Crippen LogP contribution in [0.15, 0.2) is 59.5 Å². The van der Waals surface area contributed by atoms with E-state index < -0.39 is 10.0 Å². The number of sulfonamides is 1. The molecule has 6 heteroatoms. The molecule has 0 aliphatic rings. The second-order valence-corrected chi connectivity index (χ2v) is 7.44. The van der Waals surface area contributed by atoms with E-state index in [9.17, 15) is 13.2 Å². The molecule has 0 aliphatic carbocycles. The number of rotatable bonds is 7. The minimum absolute atomic E-state index is 0.126. The first kappa shape index (κ1) is 18.9. The van der Waals surface area contributed by atoms with Crippen LogP contribution in [0, 0.1) is 13.8 Å². The van der Waals surface area contributed by atoms with Crippen molar-refractivity contribution in [2.75, 3.05) is 13.1 Å². The van der Waals surface area contributed by atoms with Crippen molar-refractivity contribution < 1.29 is 13.2 Å². The van der Waals surface area contributed by atoms with E-state index in [0.717, 1.165) is 11.1 Å². The summed E-state index contributed by atoms with van der Waals surface area (Å²) >= 11 is 0. The molecule has 0 saturated heterocycles. The van der Waals surface area contributed by atoms with Crippen LogP contribution in [0.1, 0.15) is 16.7 Å². The summed E-state index contributed by atoms with van der Waals surface area (Å²) in [6.07, 6.45) is 3.13. The Kier molecular flexibility index (Phi) is 6.50. The highest BCUT2D eigenvalue weighted by Crippen LogP contribution is 2.16. The summed E-state index contributed by atoms with van der Waals surface area (Å²) in [5.41, 5.74) is 2.49. The van der Waals surface area contributed by atoms with Gasteiger partial charge in [0.15, 0.2) is 0 Å². The lowest BCUT2D eigenvalue weighted by Crippen LogP contribution is -2.34. The Morgan fingerprint density at radius 3 is 2.48 bits per heavy atom. The van der Waals surface area contributed by atoms with Crippen molar-refractivity contribution in [1.82, 2.24) is 10.0 Å². The number of hydrogen-bond acceptors (Lipinski definition) is 3. The maximum Gasteiger partial charge on any atom is 0.244 e. The fraction of sp³-hybridized carbons (Fsp3) is 0.211. The number of carbonyl (C=O) groups excluding carboxylic acids is 1. The Morgan fingerprint density at radius 2 is 1.76 bits per heavy atom. The molecule has 2 aromatic carbocycles. The summed E-state index contributed by atoms with van der Waals surface area (Å²) in [5, 5.41) is 2.65. The van der Waals surface area contributed by atoms with Crippen molar-refractivity contribution in [2.45, 2.75) is 18.7 Å². The quantitative estimate of drug-likeness (QED) is 0.589. The van der Waals surface area contributed by atoms with Gasteiger partial charge >= 0.3 is 0 Å². The Bertz CT molecular complexity index is 859. The second kappa shape index (κ2) is 8.60. The molecule has 25 heavy (non-hydrogen) atoms. The highest BCUT2D eigenvalue weighted by molar-refractivity contribution is 7.89. The van der Waals surface area contributed by atoms with Crippen LogP contribution in [-0.2, 0) is 14.8 Å². The average Bonchev–Trinajstić information content (AvgIpc) is 2.60. The van der Waals surface area contributed by atoms with E-state index in [-0.39, 0.29) is 23.9 Å². The van der Waals surface area contributed by atoms with Crippen LogP contribution >= 0.6 is 0 Å². The summed E-state index contributed by atoms with van der Waals surface area (Å²) in [6, 6.07) is 14.7. The highest BCUT2D eigenvalue weighted by atomic mass is 32.2. The summed E-state index contributed by atoms with van der Waals surface area (Å²) in [5.74, 6) is -0.269. The van der Waals surface area contributed by atoms with Crippen LogP contribution in [0.3, 0.4) is 0 Å². The Balaban J connectivity index is 1.83. The molecule has 5 nitrogen and oxygen atoms in total. The molecule has 1 amide bonds. The molecule has 0 aromatic heterocycles. The summed E-state index contributed by atoms with van der Waals surface area (Å²) < 4.78 is 27.2. The van der Waals surface area contributed by atoms with Gasteiger partial charge in [-0.15, -0.1) is 0 Å². The molecule has 0 radical (unpaired) electrons. The van der Waals surface area contributed by atoms with Crippen molar-refractivity contribution in [3.05, 3.63) is 71.3 Å². The molecular formula is C19H22N2O3S. The van der Waals surface area contributed by atoms with Gasteiger partial charge in [-0.25, -0.2) is 13.1 Å². The first-order chi connectivity index (χ1) is 11.9. The predicted molar refractivity (Wildman–Crippen MR) is 99.6 cm³/mol. The third kappa shape index (κ3) is 5.85. The number of benzene rings is 2. The molecule has 2 N–H and O–H groups in total. The van der Waals surface area contributed by atoms with Crippen molar-refractivity contribution >= 4 is 22.0 Å². The standard InChI is InChI=1S/C19H22N2O3S/c1-15-8-9-16(2)18(14-15)25(23,24)21-13-12-20-19(22)11-10-17-6-4-3-5-7-17/h3-11,14,21H,12-13H2,1-2H3,(H,20,22)/b11-10+. The normalized spacial score (nSPS) is 11.6. The molecule has 2 aromatic rings. The van der Waals surface area contributed by atoms with Gasteiger partial charge in [-0.05, 0) is 42.7 Å².